The molecule has 0 bridgehead atoms. The predicted molar refractivity (Wildman–Crippen MR) is 66.1 cm³/mol. The third-order valence-corrected chi connectivity index (χ3v) is 2.94. The molecule has 1 saturated heterocycles. The molecule has 0 radical (unpaired) electrons. The molecule has 1 fully saturated rings. The van der Waals surface area contributed by atoms with Gasteiger partial charge in [-0.25, -0.2) is 0 Å². The standard InChI is InChI=1S/C12H14N2O5/c1-8-7-13(4-5-19-8)12(16)10-6-9(15)2-3-11(10)14(17)18/h2-3,6,8,15H,4-5,7H2,1H3. The number of carbonyl (C=O) groups excluding carboxylic acids is 1. The van der Waals surface area contributed by atoms with Crippen LogP contribution in [0.3, 0.4) is 0 Å². The van der Waals surface area contributed by atoms with Crippen molar-refractivity contribution >= 4 is 11.6 Å². The number of hydrogen-bond donors (Lipinski definition) is 1. The van der Waals surface area contributed by atoms with E-state index < -0.39 is 10.8 Å². The molecule has 1 heterocycles. The third kappa shape index (κ3) is 2.82. The Balaban J connectivity index is 2.32. The van der Waals surface area contributed by atoms with Gasteiger partial charge in [0.1, 0.15) is 11.3 Å². The highest BCUT2D eigenvalue weighted by atomic mass is 16.6. The third-order valence-electron chi connectivity index (χ3n) is 2.94. The van der Waals surface area contributed by atoms with Crippen LogP contribution in [0.1, 0.15) is 17.3 Å². The minimum atomic E-state index is -0.628. The van der Waals surface area contributed by atoms with Crippen molar-refractivity contribution in [3.05, 3.63) is 33.9 Å². The van der Waals surface area contributed by atoms with E-state index in [0.717, 1.165) is 12.1 Å². The number of nitro benzene ring substituents is 1. The van der Waals surface area contributed by atoms with Crippen molar-refractivity contribution in [2.45, 2.75) is 13.0 Å². The highest BCUT2D eigenvalue weighted by molar-refractivity contribution is 5.98. The maximum absolute atomic E-state index is 12.3. The molecule has 102 valence electrons. The Hall–Kier alpha value is -2.15. The fraction of sp³-hybridized carbons (Fsp3) is 0.417. The summed E-state index contributed by atoms with van der Waals surface area (Å²) in [4.78, 5) is 24.1. The molecule has 2 rings (SSSR count). The molecule has 1 aromatic carbocycles. The zero-order valence-electron chi connectivity index (χ0n) is 10.4. The molecule has 0 saturated carbocycles. The second-order valence-corrected chi connectivity index (χ2v) is 4.39. The number of nitro groups is 1. The SMILES string of the molecule is CC1CN(C(=O)c2cc(O)ccc2[N+](=O)[O-])CCO1. The summed E-state index contributed by atoms with van der Waals surface area (Å²) in [5.41, 5.74) is -0.402. The number of carbonyl (C=O) groups is 1. The first-order valence-corrected chi connectivity index (χ1v) is 5.87. The summed E-state index contributed by atoms with van der Waals surface area (Å²) in [6.45, 7) is 3.00. The predicted octanol–water partition coefficient (Wildman–Crippen LogP) is 1.16. The number of hydrogen-bond acceptors (Lipinski definition) is 5. The Kier molecular flexibility index (Phi) is 3.66. The first-order valence-electron chi connectivity index (χ1n) is 5.87. The normalized spacial score (nSPS) is 19.2. The van der Waals surface area contributed by atoms with Gasteiger partial charge in [0.05, 0.1) is 17.6 Å². The van der Waals surface area contributed by atoms with Crippen LogP contribution < -0.4 is 0 Å². The zero-order valence-corrected chi connectivity index (χ0v) is 10.4. The number of ether oxygens (including phenoxy) is 1. The Bertz CT molecular complexity index is 517. The van der Waals surface area contributed by atoms with Crippen LogP contribution in [-0.4, -0.2) is 46.6 Å². The quantitative estimate of drug-likeness (QED) is 0.640. The lowest BCUT2D eigenvalue weighted by Crippen LogP contribution is -2.44. The minimum absolute atomic E-state index is 0.0981. The largest absolute Gasteiger partial charge is 0.508 e. The molecule has 7 nitrogen and oxygen atoms in total. The van der Waals surface area contributed by atoms with Crippen molar-refractivity contribution in [1.29, 1.82) is 0 Å². The lowest BCUT2D eigenvalue weighted by molar-refractivity contribution is -0.385. The molecule has 1 unspecified atom stereocenters. The van der Waals surface area contributed by atoms with Crippen molar-refractivity contribution in [3.8, 4) is 5.75 Å². The Morgan fingerprint density at radius 2 is 2.32 bits per heavy atom. The zero-order chi connectivity index (χ0) is 14.0. The van der Waals surface area contributed by atoms with Gasteiger partial charge in [0.2, 0.25) is 0 Å². The van der Waals surface area contributed by atoms with Gasteiger partial charge in [-0.3, -0.25) is 14.9 Å². The highest BCUT2D eigenvalue weighted by Gasteiger charge is 2.28. The number of rotatable bonds is 2. The molecule has 1 aromatic rings. The van der Waals surface area contributed by atoms with Crippen LogP contribution >= 0.6 is 0 Å². The Labute approximate surface area is 109 Å². The number of phenolic OH excluding ortho intramolecular Hbond substituents is 1. The molecule has 19 heavy (non-hydrogen) atoms. The van der Waals surface area contributed by atoms with E-state index in [2.05, 4.69) is 0 Å². The summed E-state index contributed by atoms with van der Waals surface area (Å²) in [6, 6.07) is 3.45. The van der Waals surface area contributed by atoms with Gasteiger partial charge in [0, 0.05) is 19.2 Å². The van der Waals surface area contributed by atoms with E-state index in [1.165, 1.54) is 11.0 Å². The number of nitrogens with zero attached hydrogens (tertiary/aromatic N) is 2. The average molecular weight is 266 g/mol. The van der Waals surface area contributed by atoms with Crippen LogP contribution in [0.25, 0.3) is 0 Å². The Morgan fingerprint density at radius 1 is 1.58 bits per heavy atom. The highest BCUT2D eigenvalue weighted by Crippen LogP contribution is 2.25. The van der Waals surface area contributed by atoms with Crippen molar-refractivity contribution < 1.29 is 19.6 Å². The maximum Gasteiger partial charge on any atom is 0.282 e. The van der Waals surface area contributed by atoms with Crippen LogP contribution in [0.5, 0.6) is 5.75 Å². The fourth-order valence-electron chi connectivity index (χ4n) is 2.03. The van der Waals surface area contributed by atoms with E-state index in [9.17, 15) is 20.0 Å². The van der Waals surface area contributed by atoms with Crippen LogP contribution in [-0.2, 0) is 4.74 Å². The molecule has 1 atom stereocenters. The van der Waals surface area contributed by atoms with E-state index in [1.54, 1.807) is 0 Å². The average Bonchev–Trinajstić information content (AvgIpc) is 2.37. The van der Waals surface area contributed by atoms with Crippen molar-refractivity contribution in [2.75, 3.05) is 19.7 Å². The van der Waals surface area contributed by atoms with E-state index in [0.29, 0.717) is 19.7 Å². The lowest BCUT2D eigenvalue weighted by atomic mass is 10.1. The molecule has 0 aromatic heterocycles. The van der Waals surface area contributed by atoms with Crippen LogP contribution in [0, 0.1) is 10.1 Å². The molecule has 7 heteroatoms. The van der Waals surface area contributed by atoms with Crippen molar-refractivity contribution in [3.63, 3.8) is 0 Å². The molecule has 0 aliphatic carbocycles. The van der Waals surface area contributed by atoms with Crippen molar-refractivity contribution in [1.82, 2.24) is 4.90 Å². The van der Waals surface area contributed by atoms with Gasteiger partial charge in [-0.15, -0.1) is 0 Å². The second-order valence-electron chi connectivity index (χ2n) is 4.39. The molecule has 0 spiro atoms. The number of amides is 1. The molecule has 1 aliphatic rings. The monoisotopic (exact) mass is 266 g/mol. The van der Waals surface area contributed by atoms with Gasteiger partial charge >= 0.3 is 0 Å². The van der Waals surface area contributed by atoms with Crippen LogP contribution in [0.15, 0.2) is 18.2 Å². The van der Waals surface area contributed by atoms with E-state index in [4.69, 9.17) is 4.74 Å². The minimum Gasteiger partial charge on any atom is -0.508 e. The smallest absolute Gasteiger partial charge is 0.282 e. The van der Waals surface area contributed by atoms with Gasteiger partial charge in [0.15, 0.2) is 0 Å². The number of morpholine rings is 1. The molecule has 1 amide bonds. The Morgan fingerprint density at radius 3 is 2.95 bits per heavy atom. The first-order chi connectivity index (χ1) is 8.99. The number of phenols is 1. The second kappa shape index (κ2) is 5.23. The lowest BCUT2D eigenvalue weighted by Gasteiger charge is -2.31. The number of aromatic hydroxyl groups is 1. The molecule has 1 aliphatic heterocycles. The molecular weight excluding hydrogens is 252 g/mol. The summed E-state index contributed by atoms with van der Waals surface area (Å²) in [5.74, 6) is -0.631. The van der Waals surface area contributed by atoms with Gasteiger partial charge in [-0.1, -0.05) is 0 Å². The van der Waals surface area contributed by atoms with Gasteiger partial charge in [-0.05, 0) is 19.1 Å². The van der Waals surface area contributed by atoms with Crippen LogP contribution in [0.4, 0.5) is 5.69 Å². The first kappa shape index (κ1) is 13.3. The van der Waals surface area contributed by atoms with E-state index >= 15 is 0 Å². The summed E-state index contributed by atoms with van der Waals surface area (Å²) in [7, 11) is 0. The van der Waals surface area contributed by atoms with Gasteiger partial charge in [-0.2, -0.15) is 0 Å². The van der Waals surface area contributed by atoms with Crippen molar-refractivity contribution in [2.24, 2.45) is 0 Å². The summed E-state index contributed by atoms with van der Waals surface area (Å²) >= 11 is 0. The maximum atomic E-state index is 12.3. The van der Waals surface area contributed by atoms with Gasteiger partial charge in [0.25, 0.3) is 11.6 Å². The summed E-state index contributed by atoms with van der Waals surface area (Å²) in [5, 5.41) is 20.3. The van der Waals surface area contributed by atoms with E-state index in [-0.39, 0.29) is 23.1 Å². The topological polar surface area (TPSA) is 92.9 Å². The molecular formula is C12H14N2O5. The summed E-state index contributed by atoms with van der Waals surface area (Å²) < 4.78 is 5.32. The number of benzene rings is 1. The van der Waals surface area contributed by atoms with Crippen LogP contribution in [0.2, 0.25) is 0 Å². The van der Waals surface area contributed by atoms with E-state index in [1.807, 2.05) is 6.92 Å². The molecule has 1 N–H and O–H groups in total. The fourth-order valence-corrected chi connectivity index (χ4v) is 2.03. The summed E-state index contributed by atoms with van der Waals surface area (Å²) in [6.07, 6.45) is -0.103. The van der Waals surface area contributed by atoms with Gasteiger partial charge < -0.3 is 14.7 Å².